The van der Waals surface area contributed by atoms with Gasteiger partial charge in [0.15, 0.2) is 11.6 Å². The number of aliphatic carboxylic acids is 1. The van der Waals surface area contributed by atoms with Crippen LogP contribution in [0.15, 0.2) is 35.3 Å². The predicted octanol–water partition coefficient (Wildman–Crippen LogP) is 5.99. The Morgan fingerprint density at radius 2 is 1.84 bits per heavy atom. The molecule has 2 aliphatic carbocycles. The molecule has 2 aliphatic heterocycles. The van der Waals surface area contributed by atoms with E-state index in [0.717, 1.165) is 72.3 Å². The number of hydrogen-bond donors (Lipinski definition) is 1. The molecule has 0 unspecified atom stereocenters. The Balaban J connectivity index is 1.43. The number of hydrogen-bond acceptors (Lipinski definition) is 4. The highest BCUT2D eigenvalue weighted by molar-refractivity contribution is 6.15. The van der Waals surface area contributed by atoms with E-state index in [-0.39, 0.29) is 23.2 Å². The molecular formula is C30H27F2N3O3. The summed E-state index contributed by atoms with van der Waals surface area (Å²) in [4.78, 5) is 15.9. The molecule has 194 valence electrons. The summed E-state index contributed by atoms with van der Waals surface area (Å²) in [5, 5.41) is 20.1. The maximum Gasteiger partial charge on any atom is 0.306 e. The lowest BCUT2D eigenvalue weighted by atomic mass is 9.47. The van der Waals surface area contributed by atoms with Crippen molar-refractivity contribution in [2.24, 2.45) is 16.3 Å². The van der Waals surface area contributed by atoms with E-state index >= 15 is 0 Å². The monoisotopic (exact) mass is 515 g/mol. The van der Waals surface area contributed by atoms with Crippen molar-refractivity contribution in [1.82, 2.24) is 4.57 Å². The zero-order chi connectivity index (χ0) is 26.2. The van der Waals surface area contributed by atoms with Crippen molar-refractivity contribution in [3.8, 4) is 11.8 Å². The number of carbonyl (C=O) groups is 1. The number of benzene rings is 2. The van der Waals surface area contributed by atoms with E-state index in [1.165, 1.54) is 11.6 Å². The van der Waals surface area contributed by atoms with Crippen LogP contribution < -0.4 is 0 Å². The van der Waals surface area contributed by atoms with Gasteiger partial charge < -0.3 is 14.4 Å². The van der Waals surface area contributed by atoms with E-state index in [0.29, 0.717) is 31.2 Å². The molecule has 6 nitrogen and oxygen atoms in total. The van der Waals surface area contributed by atoms with E-state index in [1.807, 2.05) is 6.07 Å². The number of carboxylic acids is 1. The number of rotatable bonds is 4. The molecule has 3 fully saturated rings. The van der Waals surface area contributed by atoms with Gasteiger partial charge in [-0.1, -0.05) is 0 Å². The lowest BCUT2D eigenvalue weighted by Gasteiger charge is -2.57. The van der Waals surface area contributed by atoms with Crippen LogP contribution in [0.4, 0.5) is 8.78 Å². The fourth-order valence-corrected chi connectivity index (χ4v) is 7.51. The number of nitrogens with zero attached hydrogens (tertiary/aromatic N) is 3. The summed E-state index contributed by atoms with van der Waals surface area (Å²) in [6, 6.07) is 10.4. The normalized spacial score (nSPS) is 26.5. The molecule has 2 aromatic carbocycles. The summed E-state index contributed by atoms with van der Waals surface area (Å²) >= 11 is 0. The van der Waals surface area contributed by atoms with Crippen molar-refractivity contribution in [2.45, 2.75) is 56.9 Å². The average Bonchev–Trinajstić information content (AvgIpc) is 3.41. The van der Waals surface area contributed by atoms with Crippen molar-refractivity contribution >= 4 is 22.6 Å². The van der Waals surface area contributed by atoms with Gasteiger partial charge in [-0.2, -0.15) is 5.26 Å². The van der Waals surface area contributed by atoms with Crippen LogP contribution in [-0.4, -0.2) is 34.6 Å². The average molecular weight is 516 g/mol. The topological polar surface area (TPSA) is 87.6 Å². The maximum atomic E-state index is 14.6. The summed E-state index contributed by atoms with van der Waals surface area (Å²) in [5.74, 6) is -2.31. The van der Waals surface area contributed by atoms with Crippen LogP contribution in [0.1, 0.15) is 72.7 Å². The quantitative estimate of drug-likeness (QED) is 0.463. The van der Waals surface area contributed by atoms with Gasteiger partial charge in [-0.25, -0.2) is 8.78 Å². The standard InChI is InChI=1S/C30H27F2N3O3/c31-23-2-1-20(8-24(23)32)35-26-9-21-17(15-34-25(21)14-33)7-22(26)27(28(35)16-3-5-38-6-4-16)18-10-30(11-18)12-19(13-30)29(36)37/h1-2,7-9,16,18-19H,3-6,10-13,15H2,(H,36,37). The van der Waals surface area contributed by atoms with Crippen molar-refractivity contribution in [2.75, 3.05) is 13.2 Å². The second-order valence-electron chi connectivity index (χ2n) is 11.5. The molecule has 3 heterocycles. The molecule has 3 aromatic rings. The Morgan fingerprint density at radius 3 is 2.53 bits per heavy atom. The highest BCUT2D eigenvalue weighted by atomic mass is 19.2. The Labute approximate surface area is 218 Å². The summed E-state index contributed by atoms with van der Waals surface area (Å²) in [7, 11) is 0. The number of aromatic nitrogens is 1. The van der Waals surface area contributed by atoms with Gasteiger partial charge in [0.1, 0.15) is 11.8 Å². The molecule has 1 aromatic heterocycles. The van der Waals surface area contributed by atoms with Gasteiger partial charge in [0, 0.05) is 47.5 Å². The third kappa shape index (κ3) is 3.45. The van der Waals surface area contributed by atoms with Crippen LogP contribution in [0.25, 0.3) is 16.6 Å². The van der Waals surface area contributed by atoms with Crippen molar-refractivity contribution in [3.63, 3.8) is 0 Å². The lowest BCUT2D eigenvalue weighted by molar-refractivity contribution is -0.155. The van der Waals surface area contributed by atoms with Gasteiger partial charge in [-0.3, -0.25) is 9.79 Å². The van der Waals surface area contributed by atoms with Crippen LogP contribution in [0.2, 0.25) is 0 Å². The Kier molecular flexibility index (Phi) is 5.25. The zero-order valence-corrected chi connectivity index (χ0v) is 20.8. The molecule has 0 atom stereocenters. The molecule has 0 radical (unpaired) electrons. The Bertz CT molecular complexity index is 1560. The molecule has 7 rings (SSSR count). The first kappa shape index (κ1) is 23.5. The molecule has 1 N–H and O–H groups in total. The fourth-order valence-electron chi connectivity index (χ4n) is 7.51. The smallest absolute Gasteiger partial charge is 0.306 e. The van der Waals surface area contributed by atoms with Gasteiger partial charge in [0.2, 0.25) is 0 Å². The first-order valence-corrected chi connectivity index (χ1v) is 13.3. The van der Waals surface area contributed by atoms with E-state index in [2.05, 4.69) is 21.7 Å². The minimum atomic E-state index is -0.902. The van der Waals surface area contributed by atoms with Gasteiger partial charge in [0.05, 0.1) is 18.0 Å². The predicted molar refractivity (Wildman–Crippen MR) is 137 cm³/mol. The Hall–Kier alpha value is -3.57. The summed E-state index contributed by atoms with van der Waals surface area (Å²) in [6.07, 6.45) is 4.97. The third-order valence-corrected chi connectivity index (χ3v) is 9.28. The molecule has 38 heavy (non-hydrogen) atoms. The summed E-state index contributed by atoms with van der Waals surface area (Å²) in [6.45, 7) is 1.73. The lowest BCUT2D eigenvalue weighted by Crippen LogP contribution is -2.49. The van der Waals surface area contributed by atoms with Crippen LogP contribution in [-0.2, 0) is 16.1 Å². The number of fused-ring (bicyclic) bond motifs is 2. The van der Waals surface area contributed by atoms with Crippen LogP contribution >= 0.6 is 0 Å². The first-order valence-electron chi connectivity index (χ1n) is 13.3. The molecule has 2 saturated carbocycles. The minimum absolute atomic E-state index is 0.0882. The number of aliphatic imine (C=N–C) groups is 1. The number of ether oxygens (including phenoxy) is 1. The highest BCUT2D eigenvalue weighted by Gasteiger charge is 2.56. The minimum Gasteiger partial charge on any atom is -0.481 e. The van der Waals surface area contributed by atoms with E-state index in [1.54, 1.807) is 6.07 Å². The molecular weight excluding hydrogens is 488 g/mol. The molecule has 8 heteroatoms. The number of carboxylic acid groups (broad SMARTS) is 1. The second kappa shape index (κ2) is 8.47. The van der Waals surface area contributed by atoms with Crippen molar-refractivity contribution in [1.29, 1.82) is 5.26 Å². The fraction of sp³-hybridized carbons (Fsp3) is 0.433. The van der Waals surface area contributed by atoms with Gasteiger partial charge >= 0.3 is 5.97 Å². The molecule has 0 amide bonds. The largest absolute Gasteiger partial charge is 0.481 e. The highest BCUT2D eigenvalue weighted by Crippen LogP contribution is 2.65. The maximum absolute atomic E-state index is 14.6. The van der Waals surface area contributed by atoms with Crippen LogP contribution in [0.3, 0.4) is 0 Å². The third-order valence-electron chi connectivity index (χ3n) is 9.28. The van der Waals surface area contributed by atoms with Crippen molar-refractivity contribution < 1.29 is 23.4 Å². The molecule has 0 bridgehead atoms. The molecule has 1 saturated heterocycles. The zero-order valence-electron chi connectivity index (χ0n) is 20.8. The molecule has 4 aliphatic rings. The first-order chi connectivity index (χ1) is 18.4. The van der Waals surface area contributed by atoms with Crippen LogP contribution in [0.5, 0.6) is 0 Å². The SMILES string of the molecule is N#CC1=NCc2cc3c(C4CC5(CC(C(=O)O)C5)C4)c(C4CCOCC4)n(-c4ccc(F)c(F)c4)c3cc21. The summed E-state index contributed by atoms with van der Waals surface area (Å²) in [5.41, 5.74) is 6.04. The van der Waals surface area contributed by atoms with Gasteiger partial charge in [-0.15, -0.1) is 0 Å². The summed E-state index contributed by atoms with van der Waals surface area (Å²) < 4.78 is 36.3. The number of nitriles is 1. The van der Waals surface area contributed by atoms with Crippen molar-refractivity contribution in [3.05, 3.63) is 64.4 Å². The Morgan fingerprint density at radius 1 is 1.08 bits per heavy atom. The van der Waals surface area contributed by atoms with Crippen LogP contribution in [0, 0.1) is 34.3 Å². The van der Waals surface area contributed by atoms with E-state index < -0.39 is 17.6 Å². The molecule has 1 spiro atoms. The van der Waals surface area contributed by atoms with Gasteiger partial charge in [-0.05, 0) is 85.3 Å². The number of halogens is 2. The van der Waals surface area contributed by atoms with E-state index in [9.17, 15) is 23.9 Å². The van der Waals surface area contributed by atoms with E-state index in [4.69, 9.17) is 4.74 Å². The second-order valence-corrected chi connectivity index (χ2v) is 11.5. The van der Waals surface area contributed by atoms with Gasteiger partial charge in [0.25, 0.3) is 0 Å².